The molecule has 0 amide bonds. The molecule has 5 heteroatoms. The molecule has 0 saturated carbocycles. The number of benzene rings is 3. The van der Waals surface area contributed by atoms with Crippen LogP contribution in [0.5, 0.6) is 0 Å². The van der Waals surface area contributed by atoms with Gasteiger partial charge in [-0.1, -0.05) is 30.3 Å². The largest absolute Gasteiger partial charge is 0.288 e. The van der Waals surface area contributed by atoms with E-state index in [0.29, 0.717) is 33.0 Å². The Labute approximate surface area is 145 Å². The zero-order valence-corrected chi connectivity index (χ0v) is 13.5. The smallest absolute Gasteiger partial charge is 0.267 e. The number of para-hydroxylation sites is 3. The third-order valence-electron chi connectivity index (χ3n) is 5.07. The molecule has 0 unspecified atom stereocenters. The predicted octanol–water partition coefficient (Wildman–Crippen LogP) is 3.20. The summed E-state index contributed by atoms with van der Waals surface area (Å²) < 4.78 is 3.53. The van der Waals surface area contributed by atoms with E-state index in [1.807, 2.05) is 59.0 Å². The van der Waals surface area contributed by atoms with Crippen molar-refractivity contribution in [2.75, 3.05) is 0 Å². The third-order valence-corrected chi connectivity index (χ3v) is 5.07. The number of nitrogens with zero attached hydrogens (tertiary/aromatic N) is 3. The predicted molar refractivity (Wildman–Crippen MR) is 102 cm³/mol. The summed E-state index contributed by atoms with van der Waals surface area (Å²) in [6.45, 7) is 0. The summed E-state index contributed by atoms with van der Waals surface area (Å²) in [5, 5.41) is 1.77. The lowest BCUT2D eigenvalue weighted by atomic mass is 10.1. The molecule has 3 aromatic heterocycles. The van der Waals surface area contributed by atoms with Crippen LogP contribution in [0.1, 0.15) is 0 Å². The molecule has 0 N–H and O–H groups in total. The number of hydrogen-bond acceptors (Lipinski definition) is 3. The molecule has 0 radical (unpaired) electrons. The first-order valence-electron chi connectivity index (χ1n) is 8.35. The number of aromatic nitrogens is 3. The van der Waals surface area contributed by atoms with Crippen LogP contribution in [0.3, 0.4) is 0 Å². The van der Waals surface area contributed by atoms with Gasteiger partial charge >= 0.3 is 0 Å². The van der Waals surface area contributed by atoms with E-state index in [-0.39, 0.29) is 11.0 Å². The van der Waals surface area contributed by atoms with Gasteiger partial charge in [0.05, 0.1) is 27.5 Å². The first-order chi connectivity index (χ1) is 12.8. The average Bonchev–Trinajstić information content (AvgIpc) is 3.01. The summed E-state index contributed by atoms with van der Waals surface area (Å²) in [4.78, 5) is 30.9. The minimum Gasteiger partial charge on any atom is -0.288 e. The van der Waals surface area contributed by atoms with Gasteiger partial charge in [-0.15, -0.1) is 0 Å². The molecular weight excluding hydrogens is 326 g/mol. The van der Waals surface area contributed by atoms with Gasteiger partial charge in [0.1, 0.15) is 0 Å². The van der Waals surface area contributed by atoms with Gasteiger partial charge in [0, 0.05) is 10.8 Å². The lowest BCUT2D eigenvalue weighted by Gasteiger charge is -2.05. The highest BCUT2D eigenvalue weighted by Crippen LogP contribution is 2.27. The van der Waals surface area contributed by atoms with E-state index in [4.69, 9.17) is 4.98 Å². The summed E-state index contributed by atoms with van der Waals surface area (Å²) in [5.41, 5.74) is 2.68. The van der Waals surface area contributed by atoms with Crippen molar-refractivity contribution < 1.29 is 0 Å². The Kier molecular flexibility index (Phi) is 2.32. The second kappa shape index (κ2) is 4.46. The van der Waals surface area contributed by atoms with Crippen molar-refractivity contribution in [2.45, 2.75) is 0 Å². The summed E-state index contributed by atoms with van der Waals surface area (Å²) in [7, 11) is 0. The van der Waals surface area contributed by atoms with E-state index in [1.54, 1.807) is 16.5 Å². The molecule has 0 fully saturated rings. The number of hydrogen-bond donors (Lipinski definition) is 0. The first-order valence-corrected chi connectivity index (χ1v) is 8.35. The Morgan fingerprint density at radius 1 is 0.654 bits per heavy atom. The molecule has 0 spiro atoms. The van der Waals surface area contributed by atoms with Crippen LogP contribution in [0, 0.1) is 0 Å². The van der Waals surface area contributed by atoms with Gasteiger partial charge in [0.25, 0.3) is 5.56 Å². The molecule has 122 valence electrons. The fourth-order valence-electron chi connectivity index (χ4n) is 3.95. The van der Waals surface area contributed by atoms with Crippen molar-refractivity contribution >= 4 is 44.0 Å². The minimum atomic E-state index is -0.127. The SMILES string of the molecule is O=c1c2ccccc2n2c3c1cccc3n1c(=O)c3ccccc3nc12. The normalized spacial score (nSPS) is 12.2. The molecule has 5 nitrogen and oxygen atoms in total. The van der Waals surface area contributed by atoms with Crippen LogP contribution in [-0.4, -0.2) is 13.8 Å². The van der Waals surface area contributed by atoms with E-state index in [0.717, 1.165) is 11.0 Å². The van der Waals surface area contributed by atoms with Crippen molar-refractivity contribution in [3.8, 4) is 0 Å². The Morgan fingerprint density at radius 2 is 1.35 bits per heavy atom. The highest BCUT2D eigenvalue weighted by Gasteiger charge is 2.19. The van der Waals surface area contributed by atoms with E-state index in [9.17, 15) is 9.59 Å². The second-order valence-corrected chi connectivity index (χ2v) is 6.42. The van der Waals surface area contributed by atoms with Gasteiger partial charge in [0.2, 0.25) is 5.78 Å². The van der Waals surface area contributed by atoms with E-state index >= 15 is 0 Å². The Balaban J connectivity index is 2.12. The van der Waals surface area contributed by atoms with Gasteiger partial charge < -0.3 is 0 Å². The van der Waals surface area contributed by atoms with Crippen molar-refractivity contribution in [3.05, 3.63) is 87.3 Å². The molecule has 0 aliphatic heterocycles. The minimum absolute atomic E-state index is 0.0286. The lowest BCUT2D eigenvalue weighted by molar-refractivity contribution is 1.09. The van der Waals surface area contributed by atoms with Crippen molar-refractivity contribution in [1.29, 1.82) is 0 Å². The Hall–Kier alpha value is -3.73. The van der Waals surface area contributed by atoms with Gasteiger partial charge in [-0.2, -0.15) is 0 Å². The molecule has 0 aliphatic rings. The van der Waals surface area contributed by atoms with Crippen molar-refractivity contribution in [1.82, 2.24) is 13.8 Å². The molecule has 0 aliphatic carbocycles. The van der Waals surface area contributed by atoms with Crippen LogP contribution in [0.4, 0.5) is 0 Å². The van der Waals surface area contributed by atoms with Crippen LogP contribution in [-0.2, 0) is 0 Å². The highest BCUT2D eigenvalue weighted by atomic mass is 16.1. The molecule has 6 aromatic rings. The van der Waals surface area contributed by atoms with Crippen LogP contribution in [0.15, 0.2) is 76.3 Å². The maximum absolute atomic E-state index is 13.2. The van der Waals surface area contributed by atoms with Crippen LogP contribution in [0.2, 0.25) is 0 Å². The zero-order valence-electron chi connectivity index (χ0n) is 13.5. The topological polar surface area (TPSA) is 55.9 Å². The van der Waals surface area contributed by atoms with E-state index < -0.39 is 0 Å². The Bertz CT molecular complexity index is 1630. The summed E-state index contributed by atoms with van der Waals surface area (Å²) in [6, 6.07) is 20.2. The molecule has 26 heavy (non-hydrogen) atoms. The van der Waals surface area contributed by atoms with Gasteiger partial charge in [-0.3, -0.25) is 14.0 Å². The monoisotopic (exact) mass is 337 g/mol. The van der Waals surface area contributed by atoms with Crippen LogP contribution < -0.4 is 11.0 Å². The summed E-state index contributed by atoms with van der Waals surface area (Å²) >= 11 is 0. The van der Waals surface area contributed by atoms with Crippen LogP contribution in [0.25, 0.3) is 44.0 Å². The fraction of sp³-hybridized carbons (Fsp3) is 0. The number of rotatable bonds is 0. The lowest BCUT2D eigenvalue weighted by Crippen LogP contribution is -2.14. The third kappa shape index (κ3) is 1.44. The molecule has 3 heterocycles. The molecule has 0 bridgehead atoms. The first kappa shape index (κ1) is 13.5. The highest BCUT2D eigenvalue weighted by molar-refractivity contribution is 6.04. The van der Waals surface area contributed by atoms with E-state index in [2.05, 4.69) is 0 Å². The molecule has 6 rings (SSSR count). The Morgan fingerprint density at radius 3 is 2.23 bits per heavy atom. The molecule has 0 atom stereocenters. The molecular formula is C21H11N3O2. The zero-order chi connectivity index (χ0) is 17.4. The number of fused-ring (bicyclic) bond motifs is 6. The molecule has 0 saturated heterocycles. The van der Waals surface area contributed by atoms with Crippen molar-refractivity contribution in [3.63, 3.8) is 0 Å². The average molecular weight is 337 g/mol. The van der Waals surface area contributed by atoms with Gasteiger partial charge in [-0.25, -0.2) is 9.38 Å². The van der Waals surface area contributed by atoms with Gasteiger partial charge in [0.15, 0.2) is 5.43 Å². The van der Waals surface area contributed by atoms with Gasteiger partial charge in [-0.05, 0) is 36.4 Å². The maximum atomic E-state index is 13.2. The second-order valence-electron chi connectivity index (χ2n) is 6.42. The number of imidazole rings is 1. The van der Waals surface area contributed by atoms with Crippen LogP contribution >= 0.6 is 0 Å². The van der Waals surface area contributed by atoms with Crippen molar-refractivity contribution in [2.24, 2.45) is 0 Å². The molecule has 3 aromatic carbocycles. The number of pyridine rings is 1. The maximum Gasteiger partial charge on any atom is 0.267 e. The summed E-state index contributed by atoms with van der Waals surface area (Å²) in [5.74, 6) is 0.524. The van der Waals surface area contributed by atoms with E-state index in [1.165, 1.54) is 0 Å². The standard InChI is InChI=1S/C21H11N3O2/c25-19-13-7-2-4-10-16(13)23-18-14(19)8-5-11-17(18)24-20(26)12-6-1-3-9-15(12)22-21(23)24/h1-11H. The fourth-order valence-corrected chi connectivity index (χ4v) is 3.95. The summed E-state index contributed by atoms with van der Waals surface area (Å²) in [6.07, 6.45) is 0. The quantitative estimate of drug-likeness (QED) is 0.400.